The predicted molar refractivity (Wildman–Crippen MR) is 123 cm³/mol. The molecule has 1 aromatic carbocycles. The van der Waals surface area contributed by atoms with Gasteiger partial charge in [-0.15, -0.1) is 24.0 Å². The van der Waals surface area contributed by atoms with Gasteiger partial charge in [0.15, 0.2) is 5.96 Å². The molecule has 1 aromatic rings. The highest BCUT2D eigenvalue weighted by atomic mass is 127. The molecule has 0 saturated carbocycles. The number of rotatable bonds is 9. The molecule has 1 N–H and O–H groups in total. The van der Waals surface area contributed by atoms with E-state index in [4.69, 9.17) is 9.47 Å². The van der Waals surface area contributed by atoms with Crippen LogP contribution in [-0.4, -0.2) is 63.3 Å². The number of hydrogen-bond acceptors (Lipinski definition) is 4. The van der Waals surface area contributed by atoms with Crippen LogP contribution in [0.5, 0.6) is 0 Å². The number of carbonyl (C=O) groups excluding carboxylic acids is 1. The van der Waals surface area contributed by atoms with Gasteiger partial charge in [0.05, 0.1) is 19.1 Å². The van der Waals surface area contributed by atoms with Crippen molar-refractivity contribution in [3.8, 4) is 0 Å². The second-order valence-electron chi connectivity index (χ2n) is 6.69. The normalized spacial score (nSPS) is 15.1. The van der Waals surface area contributed by atoms with Crippen LogP contribution in [0.25, 0.3) is 0 Å². The number of esters is 1. The summed E-state index contributed by atoms with van der Waals surface area (Å²) in [5.41, 5.74) is 1.31. The van der Waals surface area contributed by atoms with Crippen molar-refractivity contribution in [1.29, 1.82) is 0 Å². The Morgan fingerprint density at radius 3 is 2.57 bits per heavy atom. The molecule has 1 aliphatic rings. The highest BCUT2D eigenvalue weighted by Crippen LogP contribution is 2.18. The van der Waals surface area contributed by atoms with Gasteiger partial charge in [-0.1, -0.05) is 30.3 Å². The molecule has 7 heteroatoms. The van der Waals surface area contributed by atoms with Gasteiger partial charge >= 0.3 is 5.97 Å². The lowest BCUT2D eigenvalue weighted by Gasteiger charge is -2.33. The number of hydrogen-bond donors (Lipinski definition) is 1. The first-order valence-corrected chi connectivity index (χ1v) is 9.98. The Kier molecular flexibility index (Phi) is 12.9. The molecule has 0 spiro atoms. The SMILES string of the molecule is CCOC(=O)C1CCN(C(=NC)NCCCOCCc2ccccc2)CC1.I. The van der Waals surface area contributed by atoms with Gasteiger partial charge in [0.1, 0.15) is 0 Å². The Hall–Kier alpha value is -1.35. The van der Waals surface area contributed by atoms with Crippen molar-refractivity contribution in [1.82, 2.24) is 10.2 Å². The number of halogens is 1. The molecule has 0 radical (unpaired) electrons. The zero-order valence-corrected chi connectivity index (χ0v) is 19.4. The van der Waals surface area contributed by atoms with E-state index in [2.05, 4.69) is 39.5 Å². The summed E-state index contributed by atoms with van der Waals surface area (Å²) in [6.07, 6.45) is 3.53. The lowest BCUT2D eigenvalue weighted by Crippen LogP contribution is -2.47. The minimum absolute atomic E-state index is 0. The van der Waals surface area contributed by atoms with E-state index in [-0.39, 0.29) is 35.9 Å². The molecule has 0 bridgehead atoms. The Morgan fingerprint density at radius 1 is 1.21 bits per heavy atom. The van der Waals surface area contributed by atoms with E-state index >= 15 is 0 Å². The smallest absolute Gasteiger partial charge is 0.309 e. The van der Waals surface area contributed by atoms with Crippen LogP contribution < -0.4 is 5.32 Å². The molecule has 2 rings (SSSR count). The van der Waals surface area contributed by atoms with Gasteiger partial charge in [0.2, 0.25) is 0 Å². The Morgan fingerprint density at radius 2 is 1.93 bits per heavy atom. The maximum absolute atomic E-state index is 11.8. The fourth-order valence-corrected chi connectivity index (χ4v) is 3.23. The molecule has 28 heavy (non-hydrogen) atoms. The van der Waals surface area contributed by atoms with Crippen molar-refractivity contribution >= 4 is 35.9 Å². The van der Waals surface area contributed by atoms with Crippen LogP contribution in [0.4, 0.5) is 0 Å². The van der Waals surface area contributed by atoms with Gasteiger partial charge in [-0.25, -0.2) is 0 Å². The van der Waals surface area contributed by atoms with Crippen molar-refractivity contribution in [2.45, 2.75) is 32.6 Å². The van der Waals surface area contributed by atoms with E-state index in [9.17, 15) is 4.79 Å². The number of aliphatic imine (C=N–C) groups is 1. The summed E-state index contributed by atoms with van der Waals surface area (Å²) in [4.78, 5) is 18.4. The largest absolute Gasteiger partial charge is 0.466 e. The fourth-order valence-electron chi connectivity index (χ4n) is 3.23. The number of carbonyl (C=O) groups is 1. The van der Waals surface area contributed by atoms with Gasteiger partial charge < -0.3 is 19.7 Å². The molecular weight excluding hydrogens is 469 g/mol. The first kappa shape index (κ1) is 24.7. The molecule has 1 saturated heterocycles. The molecule has 1 aliphatic heterocycles. The highest BCUT2D eigenvalue weighted by molar-refractivity contribution is 14.0. The van der Waals surface area contributed by atoms with E-state index in [0.717, 1.165) is 64.5 Å². The molecular formula is C21H34IN3O3. The van der Waals surface area contributed by atoms with E-state index in [1.165, 1.54) is 5.56 Å². The molecule has 0 atom stereocenters. The number of nitrogens with zero attached hydrogens (tertiary/aromatic N) is 2. The maximum atomic E-state index is 11.8. The Balaban J connectivity index is 0.00000392. The summed E-state index contributed by atoms with van der Waals surface area (Å²) in [7, 11) is 1.80. The molecule has 0 aromatic heterocycles. The minimum Gasteiger partial charge on any atom is -0.466 e. The van der Waals surface area contributed by atoms with Crippen LogP contribution in [0.2, 0.25) is 0 Å². The average Bonchev–Trinajstić information content (AvgIpc) is 2.71. The van der Waals surface area contributed by atoms with Gasteiger partial charge in [0.25, 0.3) is 0 Å². The van der Waals surface area contributed by atoms with Crippen molar-refractivity contribution < 1.29 is 14.3 Å². The standard InChI is InChI=1S/C21H33N3O3.HI/c1-3-27-20(25)19-10-14-24(15-11-19)21(22-2)23-13-7-16-26-17-12-18-8-5-4-6-9-18;/h4-6,8-9,19H,3,7,10-17H2,1-2H3,(H,22,23);1H. The van der Waals surface area contributed by atoms with Crippen LogP contribution in [0.1, 0.15) is 31.7 Å². The van der Waals surface area contributed by atoms with Crippen molar-refractivity contribution in [2.75, 3.05) is 46.5 Å². The Labute approximate surface area is 186 Å². The van der Waals surface area contributed by atoms with Crippen molar-refractivity contribution in [3.63, 3.8) is 0 Å². The molecule has 0 unspecified atom stereocenters. The fraction of sp³-hybridized carbons (Fsp3) is 0.619. The predicted octanol–water partition coefficient (Wildman–Crippen LogP) is 3.10. The summed E-state index contributed by atoms with van der Waals surface area (Å²) >= 11 is 0. The molecule has 0 amide bonds. The maximum Gasteiger partial charge on any atom is 0.309 e. The molecule has 158 valence electrons. The van der Waals surface area contributed by atoms with Crippen LogP contribution in [0.15, 0.2) is 35.3 Å². The van der Waals surface area contributed by atoms with E-state index < -0.39 is 0 Å². The van der Waals surface area contributed by atoms with Crippen LogP contribution in [-0.2, 0) is 20.7 Å². The van der Waals surface area contributed by atoms with Gasteiger partial charge in [0, 0.05) is 33.3 Å². The second-order valence-corrected chi connectivity index (χ2v) is 6.69. The zero-order valence-electron chi connectivity index (χ0n) is 17.1. The first-order valence-electron chi connectivity index (χ1n) is 9.98. The zero-order chi connectivity index (χ0) is 19.3. The van der Waals surface area contributed by atoms with E-state index in [1.54, 1.807) is 7.05 Å². The minimum atomic E-state index is -0.0623. The van der Waals surface area contributed by atoms with E-state index in [0.29, 0.717) is 6.61 Å². The van der Waals surface area contributed by atoms with Crippen molar-refractivity contribution in [3.05, 3.63) is 35.9 Å². The third kappa shape index (κ3) is 8.77. The number of ether oxygens (including phenoxy) is 2. The quantitative estimate of drug-likeness (QED) is 0.185. The number of likely N-dealkylation sites (tertiary alicyclic amines) is 1. The van der Waals surface area contributed by atoms with Crippen LogP contribution in [0.3, 0.4) is 0 Å². The van der Waals surface area contributed by atoms with Crippen molar-refractivity contribution in [2.24, 2.45) is 10.9 Å². The van der Waals surface area contributed by atoms with Gasteiger partial charge in [-0.3, -0.25) is 9.79 Å². The summed E-state index contributed by atoms with van der Waals surface area (Å²) < 4.78 is 10.8. The Bertz CT molecular complexity index is 576. The highest BCUT2D eigenvalue weighted by Gasteiger charge is 2.27. The topological polar surface area (TPSA) is 63.2 Å². The van der Waals surface area contributed by atoms with Gasteiger partial charge in [-0.05, 0) is 38.2 Å². The third-order valence-electron chi connectivity index (χ3n) is 4.75. The average molecular weight is 503 g/mol. The van der Waals surface area contributed by atoms with Crippen LogP contribution in [0, 0.1) is 5.92 Å². The summed E-state index contributed by atoms with van der Waals surface area (Å²) in [6.45, 7) is 6.28. The molecule has 0 aliphatic carbocycles. The number of guanidine groups is 1. The monoisotopic (exact) mass is 503 g/mol. The second kappa shape index (κ2) is 14.6. The third-order valence-corrected chi connectivity index (χ3v) is 4.75. The molecule has 6 nitrogen and oxygen atoms in total. The lowest BCUT2D eigenvalue weighted by atomic mass is 9.97. The van der Waals surface area contributed by atoms with E-state index in [1.807, 2.05) is 13.0 Å². The summed E-state index contributed by atoms with van der Waals surface area (Å²) in [5.74, 6) is 0.867. The summed E-state index contributed by atoms with van der Waals surface area (Å²) in [6, 6.07) is 10.4. The summed E-state index contributed by atoms with van der Waals surface area (Å²) in [5, 5.41) is 3.40. The number of nitrogens with one attached hydrogen (secondary N) is 1. The number of piperidine rings is 1. The van der Waals surface area contributed by atoms with Gasteiger partial charge in [-0.2, -0.15) is 0 Å². The van der Waals surface area contributed by atoms with Crippen LogP contribution >= 0.6 is 24.0 Å². The molecule has 1 heterocycles. The number of benzene rings is 1. The molecule has 1 fully saturated rings. The lowest BCUT2D eigenvalue weighted by molar-refractivity contribution is -0.149. The first-order chi connectivity index (χ1) is 13.2.